The van der Waals surface area contributed by atoms with Crippen LogP contribution < -0.4 is 15.5 Å². The van der Waals surface area contributed by atoms with E-state index in [4.69, 9.17) is 14.7 Å². The molecular weight excluding hydrogens is 398 g/mol. The maximum absolute atomic E-state index is 12.4. The van der Waals surface area contributed by atoms with Crippen molar-refractivity contribution >= 4 is 22.9 Å². The van der Waals surface area contributed by atoms with Crippen molar-refractivity contribution in [3.05, 3.63) is 72.3 Å². The number of benzene rings is 3. The molecule has 1 saturated heterocycles. The molecule has 31 heavy (non-hydrogen) atoms. The maximum atomic E-state index is 12.4. The van der Waals surface area contributed by atoms with Gasteiger partial charge in [0.15, 0.2) is 0 Å². The van der Waals surface area contributed by atoms with E-state index in [0.29, 0.717) is 12.3 Å². The number of carbonyl (C=O) groups excluding carboxylic acids is 2. The zero-order valence-corrected chi connectivity index (χ0v) is 17.2. The van der Waals surface area contributed by atoms with Crippen LogP contribution >= 0.6 is 0 Å². The van der Waals surface area contributed by atoms with Crippen molar-refractivity contribution < 1.29 is 24.3 Å². The number of urea groups is 1. The van der Waals surface area contributed by atoms with E-state index in [9.17, 15) is 9.59 Å². The van der Waals surface area contributed by atoms with E-state index < -0.39 is 17.9 Å². The van der Waals surface area contributed by atoms with Crippen LogP contribution in [-0.2, 0) is 11.3 Å². The molecule has 0 spiro atoms. The van der Waals surface area contributed by atoms with E-state index in [-0.39, 0.29) is 6.03 Å². The molecule has 1 atom stereocenters. The monoisotopic (exact) mass is 421 g/mol. The van der Waals surface area contributed by atoms with Crippen molar-refractivity contribution in [2.75, 3.05) is 0 Å². The smallest absolute Gasteiger partial charge is 0.433 e. The fourth-order valence-corrected chi connectivity index (χ4v) is 3.57. The molecule has 1 fully saturated rings. The Balaban J connectivity index is 1.44. The van der Waals surface area contributed by atoms with Gasteiger partial charge in [-0.2, -0.15) is 0 Å². The minimum Gasteiger partial charge on any atom is -0.457 e. The van der Waals surface area contributed by atoms with Crippen molar-refractivity contribution in [3.8, 4) is 11.5 Å². The molecule has 8 nitrogen and oxygen atoms in total. The number of carbonyl (C=O) groups is 2. The molecular formula is C23H23N3O5. The quantitative estimate of drug-likeness (QED) is 0.419. The molecule has 160 valence electrons. The molecule has 0 unspecified atom stereocenters. The third-order valence-electron chi connectivity index (χ3n) is 5.37. The van der Waals surface area contributed by atoms with E-state index in [1.807, 2.05) is 60.7 Å². The summed E-state index contributed by atoms with van der Waals surface area (Å²) < 4.78 is 11.0. The highest BCUT2D eigenvalue weighted by Gasteiger charge is 2.48. The maximum Gasteiger partial charge on any atom is 0.433 e. The molecule has 8 heteroatoms. The van der Waals surface area contributed by atoms with Gasteiger partial charge in [-0.05, 0) is 54.4 Å². The van der Waals surface area contributed by atoms with Crippen LogP contribution in [0.25, 0.3) is 10.8 Å². The Kier molecular flexibility index (Phi) is 5.39. The van der Waals surface area contributed by atoms with Gasteiger partial charge in [-0.25, -0.2) is 15.1 Å². The highest BCUT2D eigenvalue weighted by atomic mass is 16.6. The number of hydrogen-bond acceptors (Lipinski definition) is 5. The molecule has 3 amide bonds. The molecule has 3 aromatic carbocycles. The van der Waals surface area contributed by atoms with E-state index >= 15 is 0 Å². The lowest BCUT2D eigenvalue weighted by atomic mass is 10.0. The summed E-state index contributed by atoms with van der Waals surface area (Å²) in [4.78, 5) is 25.3. The number of hydroxylamine groups is 1. The fourth-order valence-electron chi connectivity index (χ4n) is 3.57. The number of hydrogen-bond donors (Lipinski definition) is 3. The first kappa shape index (κ1) is 20.5. The lowest BCUT2D eigenvalue weighted by Gasteiger charge is -2.33. The van der Waals surface area contributed by atoms with Crippen LogP contribution in [-0.4, -0.2) is 34.0 Å². The summed E-state index contributed by atoms with van der Waals surface area (Å²) in [6.45, 7) is 3.87. The third-order valence-corrected chi connectivity index (χ3v) is 5.37. The van der Waals surface area contributed by atoms with Crippen LogP contribution in [0.4, 0.5) is 9.59 Å². The Labute approximate surface area is 179 Å². The van der Waals surface area contributed by atoms with Crippen LogP contribution in [0.3, 0.4) is 0 Å². The Morgan fingerprint density at radius 2 is 1.74 bits per heavy atom. The molecule has 3 N–H and O–H groups in total. The van der Waals surface area contributed by atoms with Gasteiger partial charge in [-0.1, -0.05) is 42.5 Å². The molecule has 0 aliphatic carbocycles. The lowest BCUT2D eigenvalue weighted by Crippen LogP contribution is -2.49. The van der Waals surface area contributed by atoms with E-state index in [2.05, 4.69) is 11.4 Å². The molecule has 1 heterocycles. The van der Waals surface area contributed by atoms with Gasteiger partial charge in [0.1, 0.15) is 11.5 Å². The summed E-state index contributed by atoms with van der Waals surface area (Å²) in [5, 5.41) is 13.5. The van der Waals surface area contributed by atoms with Gasteiger partial charge in [0.2, 0.25) is 6.23 Å². The zero-order chi connectivity index (χ0) is 22.0. The van der Waals surface area contributed by atoms with Crippen LogP contribution in [0.15, 0.2) is 66.7 Å². The number of amides is 3. The van der Waals surface area contributed by atoms with Crippen molar-refractivity contribution in [3.63, 3.8) is 0 Å². The summed E-state index contributed by atoms with van der Waals surface area (Å²) in [7, 11) is 0. The van der Waals surface area contributed by atoms with E-state index in [0.717, 1.165) is 22.1 Å². The van der Waals surface area contributed by atoms with Gasteiger partial charge in [0.05, 0.1) is 5.54 Å². The molecule has 1 aliphatic rings. The van der Waals surface area contributed by atoms with E-state index in [1.54, 1.807) is 18.7 Å². The third kappa shape index (κ3) is 4.24. The van der Waals surface area contributed by atoms with E-state index in [1.165, 1.54) is 5.48 Å². The number of ether oxygens (including phenoxy) is 2. The molecule has 0 aromatic heterocycles. The molecule has 0 saturated carbocycles. The second-order valence-electron chi connectivity index (χ2n) is 7.84. The summed E-state index contributed by atoms with van der Waals surface area (Å²) in [5.74, 6) is 1.43. The highest BCUT2D eigenvalue weighted by molar-refractivity contribution is 5.83. The summed E-state index contributed by atoms with van der Waals surface area (Å²) in [5.41, 5.74) is 1.47. The number of nitrogens with zero attached hydrogens (tertiary/aromatic N) is 1. The first-order chi connectivity index (χ1) is 14.9. The first-order valence-electron chi connectivity index (χ1n) is 9.81. The lowest BCUT2D eigenvalue weighted by molar-refractivity contribution is 0.00485. The Morgan fingerprint density at radius 3 is 2.45 bits per heavy atom. The molecule has 1 aliphatic heterocycles. The topological polar surface area (TPSA) is 100 Å². The normalized spacial score (nSPS) is 17.3. The molecule has 0 bridgehead atoms. The highest BCUT2D eigenvalue weighted by Crippen LogP contribution is 2.30. The van der Waals surface area contributed by atoms with Crippen molar-refractivity contribution in [2.24, 2.45) is 0 Å². The molecule has 0 radical (unpaired) electrons. The fraction of sp³-hybridized carbons (Fsp3) is 0.217. The zero-order valence-electron chi connectivity index (χ0n) is 17.2. The second kappa shape index (κ2) is 8.16. The predicted octanol–water partition coefficient (Wildman–Crippen LogP) is 4.38. The minimum absolute atomic E-state index is 0.315. The SMILES string of the molecule is CC1(C)[C@@H](OC(=O)NO)NC(=O)N1Cc1ccc(Oc2ccc3ccccc3c2)cc1. The molecule has 3 aromatic rings. The summed E-state index contributed by atoms with van der Waals surface area (Å²) in [6, 6.07) is 21.1. The Bertz CT molecular complexity index is 1110. The largest absolute Gasteiger partial charge is 0.457 e. The average molecular weight is 421 g/mol. The van der Waals surface area contributed by atoms with Crippen LogP contribution in [0.2, 0.25) is 0 Å². The minimum atomic E-state index is -1.03. The number of fused-ring (bicyclic) bond motifs is 1. The van der Waals surface area contributed by atoms with Crippen molar-refractivity contribution in [2.45, 2.75) is 32.2 Å². The van der Waals surface area contributed by atoms with Gasteiger partial charge in [-0.3, -0.25) is 5.21 Å². The summed E-state index contributed by atoms with van der Waals surface area (Å²) >= 11 is 0. The molecule has 4 rings (SSSR count). The Hall–Kier alpha value is -3.78. The summed E-state index contributed by atoms with van der Waals surface area (Å²) in [6.07, 6.45) is -1.93. The first-order valence-corrected chi connectivity index (χ1v) is 9.81. The Morgan fingerprint density at radius 1 is 1.06 bits per heavy atom. The average Bonchev–Trinajstić information content (AvgIpc) is 2.97. The van der Waals surface area contributed by atoms with Gasteiger partial charge in [0, 0.05) is 6.54 Å². The van der Waals surface area contributed by atoms with Crippen LogP contribution in [0, 0.1) is 0 Å². The van der Waals surface area contributed by atoms with Crippen molar-refractivity contribution in [1.82, 2.24) is 15.7 Å². The van der Waals surface area contributed by atoms with Gasteiger partial charge < -0.3 is 19.7 Å². The predicted molar refractivity (Wildman–Crippen MR) is 114 cm³/mol. The van der Waals surface area contributed by atoms with Gasteiger partial charge >= 0.3 is 12.1 Å². The standard InChI is InChI=1S/C23H23N3O5/c1-23(2)20(31-22(28)25-29)24-21(27)26(23)14-15-7-10-18(11-8-15)30-19-12-9-16-5-3-4-6-17(16)13-19/h3-13,20,29H,14H2,1-2H3,(H,24,27)(H,25,28)/t20-/m1/s1. The number of rotatable bonds is 5. The van der Waals surface area contributed by atoms with Crippen LogP contribution in [0.1, 0.15) is 19.4 Å². The number of nitrogens with one attached hydrogen (secondary N) is 2. The second-order valence-corrected chi connectivity index (χ2v) is 7.84. The van der Waals surface area contributed by atoms with Crippen LogP contribution in [0.5, 0.6) is 11.5 Å². The van der Waals surface area contributed by atoms with Gasteiger partial charge in [-0.15, -0.1) is 0 Å². The van der Waals surface area contributed by atoms with Gasteiger partial charge in [0.25, 0.3) is 0 Å². The van der Waals surface area contributed by atoms with Crippen molar-refractivity contribution in [1.29, 1.82) is 0 Å².